The smallest absolute Gasteiger partial charge is 0.219 e. The van der Waals surface area contributed by atoms with Gasteiger partial charge < -0.3 is 25.5 Å². The minimum Gasteiger partial charge on any atom is -0.507 e. The van der Waals surface area contributed by atoms with E-state index in [4.69, 9.17) is 0 Å². The van der Waals surface area contributed by atoms with E-state index >= 15 is 0 Å². The van der Waals surface area contributed by atoms with Gasteiger partial charge in [-0.2, -0.15) is 0 Å². The van der Waals surface area contributed by atoms with Crippen LogP contribution in [-0.4, -0.2) is 37.4 Å². The summed E-state index contributed by atoms with van der Waals surface area (Å²) < 4.78 is 0. The van der Waals surface area contributed by atoms with Crippen molar-refractivity contribution in [1.29, 1.82) is 0 Å². The molecule has 1 rings (SSSR count). The lowest BCUT2D eigenvalue weighted by atomic mass is 9.98. The van der Waals surface area contributed by atoms with Crippen molar-refractivity contribution in [3.63, 3.8) is 0 Å². The predicted molar refractivity (Wildman–Crippen MR) is 105 cm³/mol. The lowest BCUT2D eigenvalue weighted by Crippen LogP contribution is -2.41. The summed E-state index contributed by atoms with van der Waals surface area (Å²) in [6.07, 6.45) is 7.93. The largest absolute Gasteiger partial charge is 0.507 e. The van der Waals surface area contributed by atoms with E-state index < -0.39 is 11.8 Å². The second-order valence-corrected chi connectivity index (χ2v) is 7.53. The van der Waals surface area contributed by atoms with Crippen LogP contribution in [0.25, 0.3) is 0 Å². The zero-order valence-corrected chi connectivity index (χ0v) is 16.8. The molecule has 7 nitrogen and oxygen atoms in total. The fraction of sp³-hybridized carbons (Fsp3) is 0.700. The molecule has 0 aliphatic heterocycles. The molecule has 0 aliphatic rings. The van der Waals surface area contributed by atoms with Gasteiger partial charge in [-0.05, 0) is 18.4 Å². The van der Waals surface area contributed by atoms with E-state index in [0.717, 1.165) is 24.8 Å². The highest BCUT2D eigenvalue weighted by atomic mass is 16.5. The average Bonchev–Trinajstić information content (AvgIpc) is 2.55. The molecule has 0 radical (unpaired) electrons. The number of phenolic OH excluding ortho intramolecular Hbond substituents is 1. The number of aliphatic hydroxyl groups is 4. The van der Waals surface area contributed by atoms with Gasteiger partial charge in [-0.1, -0.05) is 51.2 Å². The van der Waals surface area contributed by atoms with Gasteiger partial charge in [0.1, 0.15) is 5.75 Å². The zero-order valence-electron chi connectivity index (χ0n) is 16.8. The molecule has 0 saturated heterocycles. The van der Waals surface area contributed by atoms with Crippen LogP contribution in [0.2, 0.25) is 0 Å². The summed E-state index contributed by atoms with van der Waals surface area (Å²) >= 11 is 0. The number of aryl methyl sites for hydroxylation is 1. The highest BCUT2D eigenvalue weighted by Crippen LogP contribution is 2.26. The number of benzene rings is 1. The predicted octanol–water partition coefficient (Wildman–Crippen LogP) is 1.79. The molecule has 27 heavy (non-hydrogen) atoms. The van der Waals surface area contributed by atoms with E-state index in [-0.39, 0.29) is 18.8 Å². The number of aromatic hydroxyl groups is 1. The lowest BCUT2D eigenvalue weighted by molar-refractivity contribution is -0.171. The molecule has 0 bridgehead atoms. The van der Waals surface area contributed by atoms with E-state index in [1.54, 1.807) is 0 Å². The van der Waals surface area contributed by atoms with Crippen LogP contribution in [-0.2, 0) is 19.5 Å². The van der Waals surface area contributed by atoms with Crippen LogP contribution in [0.15, 0.2) is 12.1 Å². The summed E-state index contributed by atoms with van der Waals surface area (Å²) in [6, 6.07) is 3.70. The second-order valence-electron chi connectivity index (χ2n) is 7.53. The molecule has 7 N–H and O–H groups in total. The van der Waals surface area contributed by atoms with Gasteiger partial charge in [0.15, 0.2) is 0 Å². The lowest BCUT2D eigenvalue weighted by Gasteiger charge is -2.21. The van der Waals surface area contributed by atoms with Crippen LogP contribution in [0.5, 0.6) is 5.75 Å². The van der Waals surface area contributed by atoms with E-state index in [2.05, 4.69) is 17.6 Å². The molecule has 0 fully saturated rings. The SMILES string of the molecule is CCCCCCCCc1cc(CNC(C)(O)O)c(O)c(CNC(C)(O)O)c1. The third-order valence-corrected chi connectivity index (χ3v) is 4.37. The minimum atomic E-state index is -2.05. The summed E-state index contributed by atoms with van der Waals surface area (Å²) in [6.45, 7) is 4.74. The van der Waals surface area contributed by atoms with Crippen LogP contribution in [0.4, 0.5) is 0 Å². The normalized spacial score (nSPS) is 12.6. The Balaban J connectivity index is 2.83. The van der Waals surface area contributed by atoms with Crippen molar-refractivity contribution in [3.8, 4) is 5.75 Å². The van der Waals surface area contributed by atoms with E-state index in [0.29, 0.717) is 11.1 Å². The third-order valence-electron chi connectivity index (χ3n) is 4.37. The molecular weight excluding hydrogens is 348 g/mol. The number of nitrogens with one attached hydrogen (secondary N) is 2. The Bertz CT molecular complexity index is 525. The number of hydrogen-bond acceptors (Lipinski definition) is 7. The third kappa shape index (κ3) is 10.6. The van der Waals surface area contributed by atoms with Crippen LogP contribution in [0, 0.1) is 0 Å². The summed E-state index contributed by atoms with van der Waals surface area (Å²) in [7, 11) is 0. The molecule has 1 aromatic rings. The van der Waals surface area contributed by atoms with Crippen molar-refractivity contribution in [3.05, 3.63) is 28.8 Å². The van der Waals surface area contributed by atoms with Gasteiger partial charge in [-0.3, -0.25) is 10.6 Å². The molecule has 0 heterocycles. The first-order valence-electron chi connectivity index (χ1n) is 9.75. The number of unbranched alkanes of at least 4 members (excludes halogenated alkanes) is 5. The summed E-state index contributed by atoms with van der Waals surface area (Å²) in [4.78, 5) is 0. The Hall–Kier alpha value is -1.22. The molecule has 0 atom stereocenters. The highest BCUT2D eigenvalue weighted by molar-refractivity contribution is 5.44. The molecule has 0 saturated carbocycles. The van der Waals surface area contributed by atoms with E-state index in [9.17, 15) is 25.5 Å². The first kappa shape index (κ1) is 23.8. The van der Waals surface area contributed by atoms with Crippen molar-refractivity contribution < 1.29 is 25.5 Å². The molecule has 7 heteroatoms. The van der Waals surface area contributed by atoms with Crippen LogP contribution < -0.4 is 10.6 Å². The van der Waals surface area contributed by atoms with Gasteiger partial charge in [0.25, 0.3) is 0 Å². The molecule has 0 aromatic heterocycles. The van der Waals surface area contributed by atoms with Crippen molar-refractivity contribution in [2.45, 2.75) is 90.6 Å². The first-order chi connectivity index (χ1) is 12.5. The molecule has 0 unspecified atom stereocenters. The Kier molecular flexibility index (Phi) is 9.66. The summed E-state index contributed by atoms with van der Waals surface area (Å²) in [5.41, 5.74) is 2.08. The number of phenols is 1. The van der Waals surface area contributed by atoms with Crippen molar-refractivity contribution in [2.24, 2.45) is 0 Å². The molecule has 0 spiro atoms. The fourth-order valence-corrected chi connectivity index (χ4v) is 2.88. The van der Waals surface area contributed by atoms with Crippen LogP contribution in [0.1, 0.15) is 76.0 Å². The minimum absolute atomic E-state index is 0.00445. The van der Waals surface area contributed by atoms with Crippen LogP contribution in [0.3, 0.4) is 0 Å². The Labute approximate surface area is 162 Å². The zero-order chi connectivity index (χ0) is 20.5. The molecule has 1 aromatic carbocycles. The number of rotatable bonds is 13. The standard InChI is InChI=1S/C20H36N2O5/c1-4-5-6-7-8-9-10-15-11-16(13-21-19(2,24)25)18(23)17(12-15)14-22-20(3,26)27/h11-12,21-27H,4-10,13-14H2,1-3H3. The van der Waals surface area contributed by atoms with Gasteiger partial charge in [-0.15, -0.1) is 0 Å². The molecule has 0 aliphatic carbocycles. The molecule has 156 valence electrons. The fourth-order valence-electron chi connectivity index (χ4n) is 2.88. The number of hydrogen-bond donors (Lipinski definition) is 7. The van der Waals surface area contributed by atoms with Gasteiger partial charge in [0.2, 0.25) is 11.8 Å². The Morgan fingerprint density at radius 2 is 1.22 bits per heavy atom. The summed E-state index contributed by atoms with van der Waals surface area (Å²) in [5, 5.41) is 53.3. The Morgan fingerprint density at radius 1 is 0.778 bits per heavy atom. The molecule has 0 amide bonds. The van der Waals surface area contributed by atoms with E-state index in [1.165, 1.54) is 39.5 Å². The highest BCUT2D eigenvalue weighted by Gasteiger charge is 2.19. The van der Waals surface area contributed by atoms with Crippen molar-refractivity contribution >= 4 is 0 Å². The van der Waals surface area contributed by atoms with E-state index in [1.807, 2.05) is 12.1 Å². The molecular formula is C20H36N2O5. The Morgan fingerprint density at radius 3 is 1.67 bits per heavy atom. The quantitative estimate of drug-likeness (QED) is 0.204. The monoisotopic (exact) mass is 384 g/mol. The van der Waals surface area contributed by atoms with Gasteiger partial charge in [0.05, 0.1) is 0 Å². The summed E-state index contributed by atoms with van der Waals surface area (Å²) in [5.74, 6) is -4.10. The topological polar surface area (TPSA) is 125 Å². The van der Waals surface area contributed by atoms with Gasteiger partial charge in [0, 0.05) is 38.1 Å². The van der Waals surface area contributed by atoms with Crippen molar-refractivity contribution in [2.75, 3.05) is 0 Å². The second kappa shape index (κ2) is 10.9. The van der Waals surface area contributed by atoms with Gasteiger partial charge in [-0.25, -0.2) is 0 Å². The van der Waals surface area contributed by atoms with Crippen molar-refractivity contribution in [1.82, 2.24) is 10.6 Å². The maximum absolute atomic E-state index is 10.5. The van der Waals surface area contributed by atoms with Gasteiger partial charge >= 0.3 is 0 Å². The maximum atomic E-state index is 10.5. The first-order valence-corrected chi connectivity index (χ1v) is 9.75. The van der Waals surface area contributed by atoms with Crippen LogP contribution >= 0.6 is 0 Å². The maximum Gasteiger partial charge on any atom is 0.219 e. The average molecular weight is 385 g/mol.